The molecule has 1 aliphatic carbocycles. The van der Waals surface area contributed by atoms with Crippen LogP contribution in [0, 0.1) is 6.92 Å². The fourth-order valence-electron chi connectivity index (χ4n) is 3.69. The average Bonchev–Trinajstić information content (AvgIpc) is 3.05. The van der Waals surface area contributed by atoms with Gasteiger partial charge in [-0.25, -0.2) is 0 Å². The number of hydrogen-bond donors (Lipinski definition) is 2. The Hall–Kier alpha value is -2.88. The van der Waals surface area contributed by atoms with Gasteiger partial charge in [0, 0.05) is 16.6 Å². The SMILES string of the molecule is Cc1cccc(CC(=O)Nc2ccc3c4c(c(=O)[nH]c3c2)CCC4)c1. The number of amides is 1. The van der Waals surface area contributed by atoms with Crippen LogP contribution in [0.3, 0.4) is 0 Å². The van der Waals surface area contributed by atoms with Gasteiger partial charge in [0.05, 0.1) is 11.9 Å². The second kappa shape index (κ2) is 6.20. The zero-order valence-electron chi connectivity index (χ0n) is 14.2. The molecular weight excluding hydrogens is 312 g/mol. The molecule has 0 saturated heterocycles. The van der Waals surface area contributed by atoms with Crippen molar-refractivity contribution in [3.05, 3.63) is 75.1 Å². The first kappa shape index (κ1) is 15.6. The standard InChI is InChI=1S/C21H20N2O2/c1-13-4-2-5-14(10-13)11-20(24)22-15-8-9-17-16-6-3-7-18(16)21(25)23-19(17)12-15/h2,4-5,8-10,12H,3,6-7,11H2,1H3,(H,22,24)(H,23,25). The first-order valence-electron chi connectivity index (χ1n) is 8.63. The van der Waals surface area contributed by atoms with Gasteiger partial charge < -0.3 is 10.3 Å². The summed E-state index contributed by atoms with van der Waals surface area (Å²) in [6.45, 7) is 2.01. The third-order valence-corrected chi connectivity index (χ3v) is 4.82. The second-order valence-corrected chi connectivity index (χ2v) is 6.74. The molecule has 1 aromatic heterocycles. The highest BCUT2D eigenvalue weighted by Crippen LogP contribution is 2.27. The Kier molecular flexibility index (Phi) is 3.88. The fourth-order valence-corrected chi connectivity index (χ4v) is 3.69. The van der Waals surface area contributed by atoms with Gasteiger partial charge in [0.25, 0.3) is 5.56 Å². The molecule has 0 radical (unpaired) electrons. The number of nitrogens with one attached hydrogen (secondary N) is 2. The number of benzene rings is 2. The van der Waals surface area contributed by atoms with E-state index in [1.165, 1.54) is 0 Å². The smallest absolute Gasteiger partial charge is 0.251 e. The molecule has 0 atom stereocenters. The van der Waals surface area contributed by atoms with Crippen LogP contribution < -0.4 is 10.9 Å². The minimum Gasteiger partial charge on any atom is -0.326 e. The van der Waals surface area contributed by atoms with Gasteiger partial charge in [-0.1, -0.05) is 35.9 Å². The van der Waals surface area contributed by atoms with Gasteiger partial charge in [-0.05, 0) is 49.4 Å². The fraction of sp³-hybridized carbons (Fsp3) is 0.238. The highest BCUT2D eigenvalue weighted by Gasteiger charge is 2.18. The van der Waals surface area contributed by atoms with E-state index in [-0.39, 0.29) is 11.5 Å². The average molecular weight is 332 g/mol. The molecule has 0 aliphatic heterocycles. The Morgan fingerprint density at radius 1 is 1.12 bits per heavy atom. The maximum absolute atomic E-state index is 12.3. The summed E-state index contributed by atoms with van der Waals surface area (Å²) in [6, 6.07) is 13.7. The van der Waals surface area contributed by atoms with E-state index in [4.69, 9.17) is 0 Å². The molecule has 4 rings (SSSR count). The van der Waals surface area contributed by atoms with Crippen LogP contribution in [0.5, 0.6) is 0 Å². The van der Waals surface area contributed by atoms with Gasteiger partial charge >= 0.3 is 0 Å². The Morgan fingerprint density at radius 3 is 2.80 bits per heavy atom. The minimum absolute atomic E-state index is 0.00300. The molecule has 0 fully saturated rings. The lowest BCUT2D eigenvalue weighted by Gasteiger charge is -2.09. The Bertz CT molecular complexity index is 1030. The van der Waals surface area contributed by atoms with Gasteiger partial charge in [-0.2, -0.15) is 0 Å². The van der Waals surface area contributed by atoms with Gasteiger partial charge in [0.1, 0.15) is 0 Å². The van der Waals surface area contributed by atoms with Crippen molar-refractivity contribution >= 4 is 22.5 Å². The summed E-state index contributed by atoms with van der Waals surface area (Å²) in [5, 5.41) is 4.02. The zero-order chi connectivity index (χ0) is 17.4. The third-order valence-electron chi connectivity index (χ3n) is 4.82. The van der Waals surface area contributed by atoms with Crippen LogP contribution in [0.15, 0.2) is 47.3 Å². The van der Waals surface area contributed by atoms with Crippen molar-refractivity contribution in [1.29, 1.82) is 0 Å². The molecule has 0 unspecified atom stereocenters. The summed E-state index contributed by atoms with van der Waals surface area (Å²) in [5.74, 6) is -0.0616. The van der Waals surface area contributed by atoms with Crippen molar-refractivity contribution in [2.75, 3.05) is 5.32 Å². The number of fused-ring (bicyclic) bond motifs is 3. The number of anilines is 1. The van der Waals surface area contributed by atoms with Crippen molar-refractivity contribution in [1.82, 2.24) is 4.98 Å². The number of aromatic amines is 1. The molecule has 2 aromatic carbocycles. The predicted octanol–water partition coefficient (Wildman–Crippen LogP) is 3.51. The van der Waals surface area contributed by atoms with Crippen LogP contribution in [0.1, 0.15) is 28.7 Å². The van der Waals surface area contributed by atoms with Crippen molar-refractivity contribution in [3.63, 3.8) is 0 Å². The largest absolute Gasteiger partial charge is 0.326 e. The van der Waals surface area contributed by atoms with E-state index in [0.29, 0.717) is 12.1 Å². The van der Waals surface area contributed by atoms with Crippen LogP contribution in [0.2, 0.25) is 0 Å². The van der Waals surface area contributed by atoms with Gasteiger partial charge in [-0.15, -0.1) is 0 Å². The molecule has 1 heterocycles. The first-order valence-corrected chi connectivity index (χ1v) is 8.63. The van der Waals surface area contributed by atoms with E-state index in [9.17, 15) is 9.59 Å². The van der Waals surface area contributed by atoms with Crippen LogP contribution >= 0.6 is 0 Å². The molecule has 0 spiro atoms. The molecule has 1 aliphatic rings. The third kappa shape index (κ3) is 3.07. The monoisotopic (exact) mass is 332 g/mol. The van der Waals surface area contributed by atoms with Gasteiger partial charge in [-0.3, -0.25) is 9.59 Å². The quantitative estimate of drug-likeness (QED) is 0.771. The summed E-state index contributed by atoms with van der Waals surface area (Å²) in [7, 11) is 0. The molecule has 25 heavy (non-hydrogen) atoms. The molecule has 1 amide bonds. The summed E-state index contributed by atoms with van der Waals surface area (Å²) in [6.07, 6.45) is 3.18. The molecule has 2 N–H and O–H groups in total. The van der Waals surface area contributed by atoms with E-state index >= 15 is 0 Å². The van der Waals surface area contributed by atoms with Crippen molar-refractivity contribution in [2.24, 2.45) is 0 Å². The molecule has 3 aromatic rings. The van der Waals surface area contributed by atoms with Crippen molar-refractivity contribution < 1.29 is 4.79 Å². The van der Waals surface area contributed by atoms with Crippen LogP contribution in [0.4, 0.5) is 5.69 Å². The van der Waals surface area contributed by atoms with E-state index in [2.05, 4.69) is 10.3 Å². The number of hydrogen-bond acceptors (Lipinski definition) is 2. The summed E-state index contributed by atoms with van der Waals surface area (Å²) in [4.78, 5) is 27.4. The maximum Gasteiger partial charge on any atom is 0.251 e. The van der Waals surface area contributed by atoms with E-state index in [1.54, 1.807) is 0 Å². The molecule has 4 nitrogen and oxygen atoms in total. The maximum atomic E-state index is 12.3. The zero-order valence-corrected chi connectivity index (χ0v) is 14.2. The van der Waals surface area contributed by atoms with Crippen molar-refractivity contribution in [2.45, 2.75) is 32.6 Å². The molecule has 126 valence electrons. The number of rotatable bonds is 3. The van der Waals surface area contributed by atoms with Gasteiger partial charge in [0.2, 0.25) is 5.91 Å². The molecule has 0 saturated carbocycles. The van der Waals surface area contributed by atoms with Gasteiger partial charge in [0.15, 0.2) is 0 Å². The molecule has 4 heteroatoms. The normalized spacial score (nSPS) is 13.0. The highest BCUT2D eigenvalue weighted by molar-refractivity contribution is 5.95. The number of carbonyl (C=O) groups excluding carboxylic acids is 1. The highest BCUT2D eigenvalue weighted by atomic mass is 16.1. The number of aromatic nitrogens is 1. The molecular formula is C21H20N2O2. The van der Waals surface area contributed by atoms with Crippen molar-refractivity contribution in [3.8, 4) is 0 Å². The number of H-pyrrole nitrogens is 1. The van der Waals surface area contributed by atoms with Crippen LogP contribution in [-0.2, 0) is 24.1 Å². The Balaban J connectivity index is 1.59. The summed E-state index contributed by atoms with van der Waals surface area (Å²) < 4.78 is 0. The number of aryl methyl sites for hydroxylation is 2. The first-order chi connectivity index (χ1) is 12.1. The summed E-state index contributed by atoms with van der Waals surface area (Å²) in [5.41, 5.74) is 5.72. The van der Waals surface area contributed by atoms with E-state index < -0.39 is 0 Å². The predicted molar refractivity (Wildman–Crippen MR) is 100 cm³/mol. The van der Waals surface area contributed by atoms with E-state index in [0.717, 1.165) is 52.4 Å². The minimum atomic E-state index is -0.0616. The second-order valence-electron chi connectivity index (χ2n) is 6.74. The van der Waals surface area contributed by atoms with Crippen LogP contribution in [-0.4, -0.2) is 10.9 Å². The number of carbonyl (C=O) groups is 1. The topological polar surface area (TPSA) is 62.0 Å². The summed E-state index contributed by atoms with van der Waals surface area (Å²) >= 11 is 0. The lowest BCUT2D eigenvalue weighted by atomic mass is 10.0. The molecule has 0 bridgehead atoms. The lowest BCUT2D eigenvalue weighted by Crippen LogP contribution is -2.15. The van der Waals surface area contributed by atoms with E-state index in [1.807, 2.05) is 49.4 Å². The number of pyridine rings is 1. The lowest BCUT2D eigenvalue weighted by molar-refractivity contribution is -0.115. The Morgan fingerprint density at radius 2 is 1.96 bits per heavy atom. The van der Waals surface area contributed by atoms with Crippen LogP contribution in [0.25, 0.3) is 10.9 Å². The Labute approximate surface area is 145 Å².